The van der Waals surface area contributed by atoms with Crippen LogP contribution in [0.25, 0.3) is 0 Å². The number of halogens is 2. The Kier molecular flexibility index (Phi) is 17.3. The molecule has 4 aromatic rings. The Hall–Kier alpha value is -3.61. The minimum atomic E-state index is -3.67. The van der Waals surface area contributed by atoms with Crippen LogP contribution < -0.4 is 20.9 Å². The molecule has 2 aliphatic rings. The molecular weight excluding hydrogens is 787 g/mol. The van der Waals surface area contributed by atoms with Gasteiger partial charge in [0, 0.05) is 80.6 Å². The number of sulfonamides is 1. The van der Waals surface area contributed by atoms with E-state index < -0.39 is 30.3 Å². The molecular formula is C37H54Cl2N8O6S2. The van der Waals surface area contributed by atoms with Gasteiger partial charge in [0.05, 0.1) is 23.6 Å². The zero-order chi connectivity index (χ0) is 39.0. The van der Waals surface area contributed by atoms with Crippen molar-refractivity contribution in [1.82, 2.24) is 24.6 Å². The van der Waals surface area contributed by atoms with Crippen LogP contribution in [0.1, 0.15) is 53.7 Å². The van der Waals surface area contributed by atoms with Crippen molar-refractivity contribution >= 4 is 58.7 Å². The van der Waals surface area contributed by atoms with Gasteiger partial charge in [-0.1, -0.05) is 50.7 Å². The van der Waals surface area contributed by atoms with Gasteiger partial charge in [0.25, 0.3) is 9.05 Å². The van der Waals surface area contributed by atoms with Crippen LogP contribution >= 0.6 is 22.3 Å². The highest BCUT2D eigenvalue weighted by Crippen LogP contribution is 2.26. The first-order valence-electron chi connectivity index (χ1n) is 16.8. The molecule has 0 atom stereocenters. The van der Waals surface area contributed by atoms with Gasteiger partial charge in [-0.2, -0.15) is 4.31 Å². The van der Waals surface area contributed by atoms with Gasteiger partial charge < -0.3 is 31.1 Å². The molecule has 0 saturated carbocycles. The summed E-state index contributed by atoms with van der Waals surface area (Å²) in [7, 11) is -2.29. The smallest absolute Gasteiger partial charge is 0.262 e. The second-order valence-electron chi connectivity index (χ2n) is 13.4. The number of piperazine rings is 2. The summed E-state index contributed by atoms with van der Waals surface area (Å²) < 4.78 is 48.0. The van der Waals surface area contributed by atoms with E-state index in [9.17, 15) is 27.0 Å². The second-order valence-corrected chi connectivity index (χ2v) is 18.3. The first-order chi connectivity index (χ1) is 24.7. The summed E-state index contributed by atoms with van der Waals surface area (Å²) in [6.07, 6.45) is 3.57. The number of aromatic nitrogens is 3. The highest BCUT2D eigenvalue weighted by Gasteiger charge is 2.29. The summed E-state index contributed by atoms with van der Waals surface area (Å²) >= 11 is 5.41. The number of nitrogens with one attached hydrogen (secondary N) is 1. The molecule has 2 fully saturated rings. The van der Waals surface area contributed by atoms with Crippen LogP contribution in [0.15, 0.2) is 89.0 Å². The fraction of sp³-hybridized carbons (Fsp3) is 0.432. The zero-order valence-corrected chi connectivity index (χ0v) is 33.2. The van der Waals surface area contributed by atoms with Gasteiger partial charge in [0.2, 0.25) is 16.0 Å². The Bertz CT molecular complexity index is 1980. The van der Waals surface area contributed by atoms with Crippen molar-refractivity contribution < 1.29 is 27.0 Å². The van der Waals surface area contributed by atoms with E-state index >= 15 is 0 Å². The lowest BCUT2D eigenvalue weighted by Crippen LogP contribution is -2.48. The lowest BCUT2D eigenvalue weighted by Gasteiger charge is -2.35. The average molecular weight is 842 g/mol. The molecule has 55 heavy (non-hydrogen) atoms. The van der Waals surface area contributed by atoms with Crippen LogP contribution in [-0.4, -0.2) is 98.7 Å². The number of rotatable bonds is 7. The summed E-state index contributed by atoms with van der Waals surface area (Å²) in [6.45, 7) is 13.2. The lowest BCUT2D eigenvalue weighted by atomic mass is 9.98. The molecule has 4 heterocycles. The molecule has 2 aromatic carbocycles. The molecule has 5 N–H and O–H groups in total. The van der Waals surface area contributed by atoms with Crippen molar-refractivity contribution in [2.75, 3.05) is 67.9 Å². The fourth-order valence-corrected chi connectivity index (χ4v) is 7.49. The SMILES string of the molecule is C.C.CC(C)(O)c1ccc(N2CCN(S(=O)(=O)c3cnc(N)nc3)CC2)cc1.CC(C)(O)c1ccc(N2CCNCC2)cc1.O=S(=O)(Cl)c1ccc(Cl)nc1. The van der Waals surface area contributed by atoms with Crippen LogP contribution in [0.3, 0.4) is 0 Å². The Morgan fingerprint density at radius 1 is 0.655 bits per heavy atom. The normalized spacial score (nSPS) is 15.3. The molecule has 0 radical (unpaired) electrons. The van der Waals surface area contributed by atoms with Gasteiger partial charge in [-0.3, -0.25) is 0 Å². The Morgan fingerprint density at radius 3 is 1.45 bits per heavy atom. The van der Waals surface area contributed by atoms with Crippen molar-refractivity contribution in [3.63, 3.8) is 0 Å². The van der Waals surface area contributed by atoms with E-state index in [1.165, 1.54) is 34.5 Å². The van der Waals surface area contributed by atoms with E-state index in [0.717, 1.165) is 49.2 Å². The number of aliphatic hydroxyl groups is 2. The van der Waals surface area contributed by atoms with Crippen molar-refractivity contribution in [1.29, 1.82) is 0 Å². The van der Waals surface area contributed by atoms with Crippen molar-refractivity contribution in [2.45, 2.75) is 63.5 Å². The van der Waals surface area contributed by atoms with Crippen LogP contribution in [0, 0.1) is 0 Å². The quantitative estimate of drug-likeness (QED) is 0.143. The lowest BCUT2D eigenvalue weighted by molar-refractivity contribution is 0.0780. The van der Waals surface area contributed by atoms with Gasteiger partial charge >= 0.3 is 0 Å². The first-order valence-corrected chi connectivity index (χ1v) is 20.9. The molecule has 0 unspecified atom stereocenters. The largest absolute Gasteiger partial charge is 0.386 e. The number of nitrogens with zero attached hydrogens (tertiary/aromatic N) is 6. The highest BCUT2D eigenvalue weighted by atomic mass is 35.7. The van der Waals surface area contributed by atoms with Crippen molar-refractivity contribution in [2.24, 2.45) is 0 Å². The molecule has 0 spiro atoms. The van der Waals surface area contributed by atoms with E-state index in [0.29, 0.717) is 26.2 Å². The molecule has 304 valence electrons. The summed E-state index contributed by atoms with van der Waals surface area (Å²) in [5, 5.41) is 23.5. The van der Waals surface area contributed by atoms with Crippen LogP contribution in [0.4, 0.5) is 17.3 Å². The van der Waals surface area contributed by atoms with Gasteiger partial charge in [0.15, 0.2) is 0 Å². The first kappa shape index (κ1) is 47.5. The van der Waals surface area contributed by atoms with E-state index in [-0.39, 0.29) is 35.7 Å². The fourth-order valence-electron chi connectivity index (χ4n) is 5.38. The monoisotopic (exact) mass is 840 g/mol. The molecule has 2 aliphatic heterocycles. The third-order valence-electron chi connectivity index (χ3n) is 8.50. The van der Waals surface area contributed by atoms with Gasteiger partial charge in [-0.05, 0) is 75.2 Å². The van der Waals surface area contributed by atoms with Gasteiger partial charge in [0.1, 0.15) is 14.9 Å². The second kappa shape index (κ2) is 20.0. The number of pyridine rings is 1. The standard InChI is InChI=1S/C17H23N5O3S.C13H20N2O.C5H3Cl2NO2S.2CH4/c1-17(2,23)13-3-5-14(6-4-13)21-7-9-22(10-8-21)26(24,25)15-11-19-16(18)20-12-15;1-13(2,16)11-3-5-12(6-4-11)15-9-7-14-8-10-15;6-5-2-1-4(3-8-5)11(7,9)10;;/h3-6,11-12,23H,7-10H2,1-2H3,(H2,18,19,20);3-6,14,16H,7-10H2,1-2H3;1-3H;2*1H4. The molecule has 2 aromatic heterocycles. The van der Waals surface area contributed by atoms with E-state index in [1.807, 2.05) is 50.2 Å². The number of hydrogen-bond donors (Lipinski definition) is 4. The maximum atomic E-state index is 12.7. The minimum Gasteiger partial charge on any atom is -0.386 e. The average Bonchev–Trinajstić information content (AvgIpc) is 3.12. The summed E-state index contributed by atoms with van der Waals surface area (Å²) in [4.78, 5) is 15.6. The number of anilines is 3. The maximum absolute atomic E-state index is 12.7. The third-order valence-corrected chi connectivity index (χ3v) is 11.9. The Balaban J connectivity index is 0.000000308. The minimum absolute atomic E-state index is 0. The third kappa shape index (κ3) is 13.8. The van der Waals surface area contributed by atoms with E-state index in [4.69, 9.17) is 28.0 Å². The maximum Gasteiger partial charge on any atom is 0.262 e. The predicted octanol–water partition coefficient (Wildman–Crippen LogP) is 5.06. The molecule has 2 saturated heterocycles. The topological polar surface area (TPSA) is 195 Å². The predicted molar refractivity (Wildman–Crippen MR) is 222 cm³/mol. The number of hydrogen-bond acceptors (Lipinski definition) is 13. The van der Waals surface area contributed by atoms with Gasteiger partial charge in [-0.25, -0.2) is 31.8 Å². The Morgan fingerprint density at radius 2 is 1.07 bits per heavy atom. The van der Waals surface area contributed by atoms with Gasteiger partial charge in [-0.15, -0.1) is 0 Å². The Labute approximate surface area is 335 Å². The summed E-state index contributed by atoms with van der Waals surface area (Å²) in [5.41, 5.74) is 7.84. The summed E-state index contributed by atoms with van der Waals surface area (Å²) in [5.74, 6) is 0.0447. The van der Waals surface area contributed by atoms with E-state index in [2.05, 4.69) is 42.2 Å². The zero-order valence-electron chi connectivity index (χ0n) is 30.0. The van der Waals surface area contributed by atoms with Crippen molar-refractivity contribution in [3.05, 3.63) is 95.5 Å². The van der Waals surface area contributed by atoms with Crippen LogP contribution in [-0.2, 0) is 30.3 Å². The molecule has 14 nitrogen and oxygen atoms in total. The molecule has 6 rings (SSSR count). The van der Waals surface area contributed by atoms with Crippen LogP contribution in [0.2, 0.25) is 5.15 Å². The number of nitrogens with two attached hydrogens (primary N) is 1. The van der Waals surface area contributed by atoms with Crippen molar-refractivity contribution in [3.8, 4) is 0 Å². The molecule has 0 amide bonds. The molecule has 0 bridgehead atoms. The van der Waals surface area contributed by atoms with Crippen LogP contribution in [0.5, 0.6) is 0 Å². The molecule has 0 aliphatic carbocycles. The summed E-state index contributed by atoms with van der Waals surface area (Å²) in [6, 6.07) is 18.5. The number of benzene rings is 2. The van der Waals surface area contributed by atoms with E-state index in [1.54, 1.807) is 13.8 Å². The highest BCUT2D eigenvalue weighted by molar-refractivity contribution is 8.13. The number of nitrogen functional groups attached to an aromatic ring is 1. The molecule has 18 heteroatoms.